The number of esters is 3. The molecule has 0 bridgehead atoms. The van der Waals surface area contributed by atoms with Crippen molar-refractivity contribution in [2.24, 2.45) is 28.1 Å². The van der Waals surface area contributed by atoms with Crippen molar-refractivity contribution in [3.05, 3.63) is 48.6 Å². The summed E-state index contributed by atoms with van der Waals surface area (Å²) in [6.07, 6.45) is -2.28. The van der Waals surface area contributed by atoms with Crippen LogP contribution in [0.5, 0.6) is 0 Å². The van der Waals surface area contributed by atoms with Gasteiger partial charge in [-0.15, -0.1) is 6.58 Å². The van der Waals surface area contributed by atoms with E-state index in [-0.39, 0.29) is 25.0 Å². The number of benzene rings is 1. The fourth-order valence-corrected chi connectivity index (χ4v) is 7.21. The molecule has 2 saturated carbocycles. The molecule has 0 unspecified atom stereocenters. The van der Waals surface area contributed by atoms with Crippen LogP contribution in [0.15, 0.2) is 43.0 Å². The first-order valence-electron chi connectivity index (χ1n) is 13.7. The van der Waals surface area contributed by atoms with Crippen LogP contribution in [0.2, 0.25) is 0 Å². The van der Waals surface area contributed by atoms with Crippen LogP contribution in [0.25, 0.3) is 0 Å². The average Bonchev–Trinajstić information content (AvgIpc) is 2.88. The Labute approximate surface area is 240 Å². The van der Waals surface area contributed by atoms with E-state index in [0.717, 1.165) is 6.92 Å². The number of aliphatic hydroxyl groups is 1. The number of allylic oxidation sites excluding steroid dienone is 1. The molecule has 224 valence electrons. The van der Waals surface area contributed by atoms with Crippen molar-refractivity contribution in [2.75, 3.05) is 6.61 Å². The molecule has 0 spiro atoms. The smallest absolute Gasteiger partial charge is 0.338 e. The zero-order valence-electron chi connectivity index (χ0n) is 24.5. The van der Waals surface area contributed by atoms with Crippen LogP contribution >= 0.6 is 0 Å². The number of Topliss-reactive ketones (excluding diaryl/α,β-unsaturated/α-hetero) is 1. The van der Waals surface area contributed by atoms with Crippen molar-refractivity contribution in [2.45, 2.75) is 78.6 Å². The number of ether oxygens (including phenoxy) is 3. The molecule has 3 rings (SSSR count). The van der Waals surface area contributed by atoms with E-state index < -0.39 is 82.0 Å². The Morgan fingerprint density at radius 2 is 1.73 bits per heavy atom. The van der Waals surface area contributed by atoms with Gasteiger partial charge in [-0.25, -0.2) is 4.79 Å². The normalized spacial score (nSPS) is 33.2. The highest BCUT2D eigenvalue weighted by molar-refractivity contribution is 5.97. The summed E-state index contributed by atoms with van der Waals surface area (Å²) in [4.78, 5) is 65.5. The van der Waals surface area contributed by atoms with E-state index in [4.69, 9.17) is 14.2 Å². The molecule has 1 aromatic carbocycles. The number of carboxylic acid groups (broad SMARTS) is 1. The highest BCUT2D eigenvalue weighted by Crippen LogP contribution is 2.63. The minimum absolute atomic E-state index is 0.0683. The highest BCUT2D eigenvalue weighted by Gasteiger charge is 2.74. The minimum Gasteiger partial charge on any atom is -0.481 e. The van der Waals surface area contributed by atoms with Crippen LogP contribution in [0.4, 0.5) is 0 Å². The van der Waals surface area contributed by atoms with E-state index in [2.05, 4.69) is 6.58 Å². The molecule has 0 heterocycles. The molecule has 0 amide bonds. The summed E-state index contributed by atoms with van der Waals surface area (Å²) in [6.45, 7) is 12.9. The largest absolute Gasteiger partial charge is 0.481 e. The van der Waals surface area contributed by atoms with Gasteiger partial charge in [-0.3, -0.25) is 19.2 Å². The number of carbonyl (C=O) groups is 5. The summed E-state index contributed by atoms with van der Waals surface area (Å²) in [5, 5.41) is 22.6. The summed E-state index contributed by atoms with van der Waals surface area (Å²) >= 11 is 0. The lowest BCUT2D eigenvalue weighted by atomic mass is 9.42. The van der Waals surface area contributed by atoms with E-state index in [0.29, 0.717) is 0 Å². The van der Waals surface area contributed by atoms with Crippen LogP contribution in [0.1, 0.15) is 71.2 Å². The Morgan fingerprint density at radius 1 is 1.12 bits per heavy atom. The average molecular weight is 573 g/mol. The number of ketones is 1. The molecule has 0 aromatic heterocycles. The lowest BCUT2D eigenvalue weighted by Crippen LogP contribution is -2.75. The van der Waals surface area contributed by atoms with Gasteiger partial charge >= 0.3 is 23.9 Å². The molecule has 1 aromatic rings. The van der Waals surface area contributed by atoms with Gasteiger partial charge in [-0.05, 0) is 57.6 Å². The van der Waals surface area contributed by atoms with Crippen molar-refractivity contribution in [1.29, 1.82) is 0 Å². The fourth-order valence-electron chi connectivity index (χ4n) is 7.21. The van der Waals surface area contributed by atoms with Gasteiger partial charge in [-0.1, -0.05) is 31.2 Å². The predicted octanol–water partition coefficient (Wildman–Crippen LogP) is 3.75. The van der Waals surface area contributed by atoms with Crippen molar-refractivity contribution >= 4 is 29.7 Å². The number of fused-ring (bicyclic) bond motifs is 1. The van der Waals surface area contributed by atoms with Crippen molar-refractivity contribution in [3.63, 3.8) is 0 Å². The molecule has 10 heteroatoms. The molecule has 2 N–H and O–H groups in total. The fraction of sp³-hybridized carbons (Fsp3) is 0.581. The number of carboxylic acids is 1. The van der Waals surface area contributed by atoms with Crippen LogP contribution < -0.4 is 0 Å². The van der Waals surface area contributed by atoms with Gasteiger partial charge in [0.1, 0.15) is 12.2 Å². The molecule has 7 atom stereocenters. The van der Waals surface area contributed by atoms with Gasteiger partial charge in [0.15, 0.2) is 11.4 Å². The minimum atomic E-state index is -2.47. The highest BCUT2D eigenvalue weighted by atomic mass is 16.6. The van der Waals surface area contributed by atoms with Gasteiger partial charge in [0.05, 0.1) is 29.4 Å². The first-order valence-corrected chi connectivity index (χ1v) is 13.7. The lowest BCUT2D eigenvalue weighted by Gasteiger charge is -2.63. The Balaban J connectivity index is 2.33. The standard InChI is InChI=1S/C31H40O10/c1-8-29(6)16-20(41-25(35)19-13-11-10-12-14-19)24-30(7,17-23(33)34)21(28(4,5)27(37)39-9-2)15-22(40-18(3)32)31(24,38)26(29)36/h8,10-14,20-22,24,38H,1,9,15-17H2,2-7H3,(H,33,34)/t20-,21+,22-,24-,29+,30+,31+/m1/s1. The second-order valence-corrected chi connectivity index (χ2v) is 12.2. The second kappa shape index (κ2) is 11.4. The van der Waals surface area contributed by atoms with Crippen molar-refractivity contribution in [1.82, 2.24) is 0 Å². The maximum Gasteiger partial charge on any atom is 0.338 e. The number of carbonyl (C=O) groups excluding carboxylic acids is 4. The number of hydrogen-bond acceptors (Lipinski definition) is 9. The zero-order chi connectivity index (χ0) is 31.0. The van der Waals surface area contributed by atoms with Crippen LogP contribution in [0.3, 0.4) is 0 Å². The third-order valence-corrected chi connectivity index (χ3v) is 9.03. The van der Waals surface area contributed by atoms with Gasteiger partial charge < -0.3 is 24.4 Å². The Hall–Kier alpha value is -3.53. The number of rotatable bonds is 9. The summed E-state index contributed by atoms with van der Waals surface area (Å²) in [5.41, 5.74) is -6.55. The van der Waals surface area contributed by atoms with Crippen LogP contribution in [0, 0.1) is 28.1 Å². The summed E-state index contributed by atoms with van der Waals surface area (Å²) in [7, 11) is 0. The summed E-state index contributed by atoms with van der Waals surface area (Å²) in [5.74, 6) is -6.39. The topological polar surface area (TPSA) is 154 Å². The maximum absolute atomic E-state index is 14.2. The van der Waals surface area contributed by atoms with Crippen LogP contribution in [-0.2, 0) is 33.4 Å². The molecule has 10 nitrogen and oxygen atoms in total. The number of hydrogen-bond donors (Lipinski definition) is 2. The molecule has 2 fully saturated rings. The van der Waals surface area contributed by atoms with Crippen LogP contribution in [-0.4, -0.2) is 64.3 Å². The monoisotopic (exact) mass is 572 g/mol. The van der Waals surface area contributed by atoms with Gasteiger partial charge in [0, 0.05) is 19.3 Å². The zero-order valence-corrected chi connectivity index (χ0v) is 24.5. The molecular weight excluding hydrogens is 532 g/mol. The Morgan fingerprint density at radius 3 is 2.24 bits per heavy atom. The summed E-state index contributed by atoms with van der Waals surface area (Å²) < 4.78 is 16.9. The molecular formula is C31H40O10. The summed E-state index contributed by atoms with van der Waals surface area (Å²) in [6, 6.07) is 8.10. The van der Waals surface area contributed by atoms with E-state index >= 15 is 0 Å². The first kappa shape index (κ1) is 32.0. The van der Waals surface area contributed by atoms with E-state index in [1.54, 1.807) is 58.0 Å². The Kier molecular flexibility index (Phi) is 8.89. The van der Waals surface area contributed by atoms with E-state index in [9.17, 15) is 34.2 Å². The van der Waals surface area contributed by atoms with Crippen molar-refractivity contribution < 1.29 is 48.4 Å². The molecule has 0 aliphatic heterocycles. The Bertz CT molecular complexity index is 1220. The van der Waals surface area contributed by atoms with Gasteiger partial charge in [0.25, 0.3) is 0 Å². The molecule has 0 saturated heterocycles. The second-order valence-electron chi connectivity index (χ2n) is 12.2. The molecule has 0 radical (unpaired) electrons. The third kappa shape index (κ3) is 5.54. The van der Waals surface area contributed by atoms with E-state index in [1.807, 2.05) is 0 Å². The van der Waals surface area contributed by atoms with Gasteiger partial charge in [-0.2, -0.15) is 0 Å². The first-order chi connectivity index (χ1) is 19.0. The molecule has 2 aliphatic rings. The lowest BCUT2D eigenvalue weighted by molar-refractivity contribution is -0.257. The third-order valence-electron chi connectivity index (χ3n) is 9.03. The molecule has 41 heavy (non-hydrogen) atoms. The van der Waals surface area contributed by atoms with Crippen molar-refractivity contribution in [3.8, 4) is 0 Å². The SMILES string of the molecule is C=C[C@@]1(C)C[C@@H](OC(=O)c2ccccc2)[C@@H]2[C@@](C)(CC(=O)O)[C@H](C(C)(C)C(=O)OCC)C[C@@H](OC(C)=O)[C@@]2(O)C1=O. The number of aliphatic carboxylic acids is 1. The van der Waals surface area contributed by atoms with Gasteiger partial charge in [0.2, 0.25) is 0 Å². The quantitative estimate of drug-likeness (QED) is 0.254. The van der Waals surface area contributed by atoms with E-state index in [1.165, 1.54) is 13.0 Å². The maximum atomic E-state index is 14.2. The molecule has 2 aliphatic carbocycles. The predicted molar refractivity (Wildman–Crippen MR) is 146 cm³/mol.